The molecular formula is C24H17ClN2O3S2. The second-order valence-corrected chi connectivity index (χ2v) is 9.74. The van der Waals surface area contributed by atoms with E-state index in [1.807, 2.05) is 12.1 Å². The highest BCUT2D eigenvalue weighted by atomic mass is 35.5. The number of ketones is 1. The summed E-state index contributed by atoms with van der Waals surface area (Å²) in [6.07, 6.45) is 0.890. The number of aliphatic hydroxyl groups excluding tert-OH is 1. The van der Waals surface area contributed by atoms with Gasteiger partial charge in [-0.3, -0.25) is 14.5 Å². The summed E-state index contributed by atoms with van der Waals surface area (Å²) >= 11 is 8.70. The highest BCUT2D eigenvalue weighted by Gasteiger charge is 2.46. The zero-order valence-electron chi connectivity index (χ0n) is 16.9. The highest BCUT2D eigenvalue weighted by molar-refractivity contribution is 7.22. The van der Waals surface area contributed by atoms with Crippen LogP contribution in [0.3, 0.4) is 0 Å². The largest absolute Gasteiger partial charge is 0.503 e. The third-order valence-electron chi connectivity index (χ3n) is 5.44. The SMILES string of the molecule is CCc1ccc2nc(N3C(=O)C(O)=C(C(=O)c4cccs4)[C@@H]3c3ccc(Cl)cc3)sc2c1. The van der Waals surface area contributed by atoms with Crippen molar-refractivity contribution >= 4 is 61.3 Å². The Hall–Kier alpha value is -3.00. The number of rotatable bonds is 5. The number of anilines is 1. The molecule has 0 spiro atoms. The molecule has 4 aromatic rings. The van der Waals surface area contributed by atoms with E-state index in [-0.39, 0.29) is 11.4 Å². The lowest BCUT2D eigenvalue weighted by Crippen LogP contribution is -2.30. The number of carbonyl (C=O) groups excluding carboxylic acids is 2. The number of carbonyl (C=O) groups is 2. The topological polar surface area (TPSA) is 70.5 Å². The first-order valence-electron chi connectivity index (χ1n) is 9.97. The number of nitrogens with zero attached hydrogens (tertiary/aromatic N) is 2. The quantitative estimate of drug-likeness (QED) is 0.337. The molecule has 0 radical (unpaired) electrons. The zero-order chi connectivity index (χ0) is 22.4. The molecule has 0 unspecified atom stereocenters. The molecule has 1 N–H and O–H groups in total. The lowest BCUT2D eigenvalue weighted by Gasteiger charge is -2.24. The molecule has 32 heavy (non-hydrogen) atoms. The lowest BCUT2D eigenvalue weighted by atomic mass is 9.95. The lowest BCUT2D eigenvalue weighted by molar-refractivity contribution is -0.117. The van der Waals surface area contributed by atoms with Gasteiger partial charge in [-0.2, -0.15) is 0 Å². The average Bonchev–Trinajstić information content (AvgIpc) is 3.52. The minimum absolute atomic E-state index is 0.0493. The van der Waals surface area contributed by atoms with Gasteiger partial charge >= 0.3 is 0 Å². The van der Waals surface area contributed by atoms with E-state index in [4.69, 9.17) is 11.6 Å². The number of aliphatic hydroxyl groups is 1. The van der Waals surface area contributed by atoms with E-state index in [0.717, 1.165) is 16.6 Å². The first-order valence-corrected chi connectivity index (χ1v) is 12.0. The van der Waals surface area contributed by atoms with Crippen LogP contribution in [0.1, 0.15) is 33.8 Å². The van der Waals surface area contributed by atoms with Crippen LogP contribution < -0.4 is 4.90 Å². The number of amides is 1. The normalized spacial score (nSPS) is 16.4. The molecule has 5 rings (SSSR count). The maximum atomic E-state index is 13.3. The van der Waals surface area contributed by atoms with Crippen LogP contribution >= 0.6 is 34.3 Å². The molecule has 2 aromatic heterocycles. The molecule has 160 valence electrons. The molecule has 0 fully saturated rings. The fourth-order valence-corrected chi connectivity index (χ4v) is 5.68. The summed E-state index contributed by atoms with van der Waals surface area (Å²) in [5, 5.41) is 13.6. The number of aromatic nitrogens is 1. The van der Waals surface area contributed by atoms with Gasteiger partial charge in [-0.15, -0.1) is 11.3 Å². The summed E-state index contributed by atoms with van der Waals surface area (Å²) in [7, 11) is 0. The van der Waals surface area contributed by atoms with Crippen molar-refractivity contribution in [1.82, 2.24) is 4.98 Å². The standard InChI is InChI=1S/C24H17ClN2O3S2/c1-2-13-5-10-16-18(12-13)32-24(26-16)27-20(14-6-8-15(25)9-7-14)19(22(29)23(27)30)21(28)17-4-3-11-31-17/h3-12,20,29H,2H2,1H3/t20-/m0/s1. The Labute approximate surface area is 197 Å². The van der Waals surface area contributed by atoms with Gasteiger partial charge in [0.25, 0.3) is 5.91 Å². The van der Waals surface area contributed by atoms with Crippen molar-refractivity contribution in [3.05, 3.63) is 92.3 Å². The molecule has 1 aliphatic rings. The summed E-state index contributed by atoms with van der Waals surface area (Å²) in [6.45, 7) is 2.08. The van der Waals surface area contributed by atoms with Crippen molar-refractivity contribution in [2.75, 3.05) is 4.90 Å². The van der Waals surface area contributed by atoms with Gasteiger partial charge in [-0.05, 0) is 53.3 Å². The number of thiazole rings is 1. The second kappa shape index (κ2) is 8.16. The minimum atomic E-state index is -0.805. The Bertz CT molecular complexity index is 1370. The van der Waals surface area contributed by atoms with Gasteiger partial charge in [0.1, 0.15) is 0 Å². The van der Waals surface area contributed by atoms with Gasteiger partial charge < -0.3 is 5.11 Å². The van der Waals surface area contributed by atoms with Crippen molar-refractivity contribution < 1.29 is 14.7 Å². The smallest absolute Gasteiger partial charge is 0.296 e. The second-order valence-electron chi connectivity index (χ2n) is 7.35. The highest BCUT2D eigenvalue weighted by Crippen LogP contribution is 2.44. The number of aryl methyl sites for hydroxylation is 1. The van der Waals surface area contributed by atoms with E-state index in [1.54, 1.807) is 41.8 Å². The number of fused-ring (bicyclic) bond motifs is 1. The number of hydrogen-bond acceptors (Lipinski definition) is 6. The Morgan fingerprint density at radius 1 is 1.19 bits per heavy atom. The van der Waals surface area contributed by atoms with Gasteiger partial charge in [0.05, 0.1) is 26.7 Å². The molecule has 0 bridgehead atoms. The fourth-order valence-electron chi connectivity index (χ4n) is 3.82. The Morgan fingerprint density at radius 3 is 2.66 bits per heavy atom. The number of halogens is 1. The fraction of sp³-hybridized carbons (Fsp3) is 0.125. The third-order valence-corrected chi connectivity index (χ3v) is 7.58. The summed E-state index contributed by atoms with van der Waals surface area (Å²) in [5.41, 5.74) is 2.65. The van der Waals surface area contributed by atoms with Gasteiger partial charge in [-0.25, -0.2) is 4.98 Å². The van der Waals surface area contributed by atoms with Crippen molar-refractivity contribution in [3.63, 3.8) is 0 Å². The van der Waals surface area contributed by atoms with Crippen LogP contribution in [0.4, 0.5) is 5.13 Å². The van der Waals surface area contributed by atoms with E-state index in [0.29, 0.717) is 20.6 Å². The molecule has 0 saturated carbocycles. The number of Topliss-reactive ketones (excluding diaryl/α,β-unsaturated/α-hetero) is 1. The summed E-state index contributed by atoms with van der Waals surface area (Å²) in [6, 6.07) is 15.6. The molecule has 3 heterocycles. The van der Waals surface area contributed by atoms with Crippen LogP contribution in [0.15, 0.2) is 71.3 Å². The van der Waals surface area contributed by atoms with E-state index < -0.39 is 17.7 Å². The van der Waals surface area contributed by atoms with Gasteiger partial charge in [0.2, 0.25) is 5.78 Å². The summed E-state index contributed by atoms with van der Waals surface area (Å²) in [4.78, 5) is 33.1. The first kappa shape index (κ1) is 20.9. The summed E-state index contributed by atoms with van der Waals surface area (Å²) in [5.74, 6) is -1.56. The summed E-state index contributed by atoms with van der Waals surface area (Å²) < 4.78 is 0.944. The molecule has 2 aromatic carbocycles. The van der Waals surface area contributed by atoms with E-state index in [1.165, 1.54) is 33.1 Å². The van der Waals surface area contributed by atoms with Crippen LogP contribution in [-0.4, -0.2) is 21.8 Å². The monoisotopic (exact) mass is 480 g/mol. The Balaban J connectivity index is 1.67. The van der Waals surface area contributed by atoms with Crippen molar-refractivity contribution in [2.24, 2.45) is 0 Å². The van der Waals surface area contributed by atoms with Crippen LogP contribution in [0, 0.1) is 0 Å². The molecule has 5 nitrogen and oxygen atoms in total. The molecule has 8 heteroatoms. The third kappa shape index (κ3) is 3.43. The van der Waals surface area contributed by atoms with E-state index in [2.05, 4.69) is 18.0 Å². The predicted octanol–water partition coefficient (Wildman–Crippen LogP) is 6.36. The molecular weight excluding hydrogens is 464 g/mol. The predicted molar refractivity (Wildman–Crippen MR) is 129 cm³/mol. The molecule has 1 aliphatic heterocycles. The van der Waals surface area contributed by atoms with E-state index in [9.17, 15) is 14.7 Å². The molecule has 1 amide bonds. The number of benzene rings is 2. The molecule has 0 aliphatic carbocycles. The van der Waals surface area contributed by atoms with Gasteiger partial charge in [0.15, 0.2) is 10.9 Å². The maximum Gasteiger partial charge on any atom is 0.296 e. The van der Waals surface area contributed by atoms with Crippen LogP contribution in [0.5, 0.6) is 0 Å². The van der Waals surface area contributed by atoms with Crippen LogP contribution in [-0.2, 0) is 11.2 Å². The van der Waals surface area contributed by atoms with Gasteiger partial charge in [-0.1, -0.05) is 54.1 Å². The average molecular weight is 481 g/mol. The number of hydrogen-bond donors (Lipinski definition) is 1. The number of thiophene rings is 1. The maximum absolute atomic E-state index is 13.3. The minimum Gasteiger partial charge on any atom is -0.503 e. The van der Waals surface area contributed by atoms with Crippen molar-refractivity contribution in [2.45, 2.75) is 19.4 Å². The Morgan fingerprint density at radius 2 is 1.97 bits per heavy atom. The van der Waals surface area contributed by atoms with Crippen molar-refractivity contribution in [1.29, 1.82) is 0 Å². The Kier molecular flexibility index (Phi) is 5.33. The first-order chi connectivity index (χ1) is 15.5. The van der Waals surface area contributed by atoms with Crippen LogP contribution in [0.2, 0.25) is 5.02 Å². The van der Waals surface area contributed by atoms with Crippen LogP contribution in [0.25, 0.3) is 10.2 Å². The zero-order valence-corrected chi connectivity index (χ0v) is 19.3. The molecule has 1 atom stereocenters. The molecule has 0 saturated heterocycles. The van der Waals surface area contributed by atoms with Gasteiger partial charge in [0, 0.05) is 5.02 Å². The van der Waals surface area contributed by atoms with Crippen molar-refractivity contribution in [3.8, 4) is 0 Å². The van der Waals surface area contributed by atoms with E-state index >= 15 is 0 Å².